The standard InChI is InChI=1S/C62H58BN3S/c1-39-33-54-59-55(34-39)66(51-25-18-26-56-58(51)45-29-27-41(60(3,4)5)36-57(45)67-56)53-37-44(64(42-19-12-10-13-20-42)43-21-14-11-15-22-43)28-30-49(53)63(59)48-23-16-17-24-50(48)65(54)52-38-47-46(35-40(52)2)61(6,7)31-32-62(47,8)9/h10-30,33-38H,31-32H2,1-9H3. The van der Waals surface area contributed by atoms with E-state index in [1.54, 1.807) is 0 Å². The molecule has 0 fully saturated rings. The van der Waals surface area contributed by atoms with E-state index in [4.69, 9.17) is 0 Å². The van der Waals surface area contributed by atoms with Crippen molar-refractivity contribution in [2.45, 2.75) is 91.4 Å². The van der Waals surface area contributed by atoms with Crippen LogP contribution in [0.4, 0.5) is 51.2 Å². The zero-order valence-electron chi connectivity index (χ0n) is 40.3. The first-order valence-electron chi connectivity index (χ1n) is 24.2. The molecule has 1 aromatic heterocycles. The van der Waals surface area contributed by atoms with Gasteiger partial charge in [-0.1, -0.05) is 133 Å². The first-order chi connectivity index (χ1) is 32.2. The van der Waals surface area contributed by atoms with Crippen LogP contribution in [-0.2, 0) is 16.2 Å². The van der Waals surface area contributed by atoms with Crippen LogP contribution in [0.1, 0.15) is 89.1 Å². The summed E-state index contributed by atoms with van der Waals surface area (Å²) < 4.78 is 2.63. The van der Waals surface area contributed by atoms with Crippen molar-refractivity contribution in [2.24, 2.45) is 0 Å². The molecule has 0 N–H and O–H groups in total. The molecular weight excluding hydrogens is 830 g/mol. The number of hydrogen-bond acceptors (Lipinski definition) is 4. The lowest BCUT2D eigenvalue weighted by Gasteiger charge is -2.46. The Balaban J connectivity index is 1.16. The highest BCUT2D eigenvalue weighted by molar-refractivity contribution is 7.26. The van der Waals surface area contributed by atoms with Gasteiger partial charge in [-0.15, -0.1) is 11.3 Å². The van der Waals surface area contributed by atoms with Gasteiger partial charge < -0.3 is 14.7 Å². The molecule has 3 aliphatic rings. The molecule has 0 spiro atoms. The van der Waals surface area contributed by atoms with Crippen LogP contribution in [0.5, 0.6) is 0 Å². The third kappa shape index (κ3) is 6.52. The maximum atomic E-state index is 2.64. The lowest BCUT2D eigenvalue weighted by atomic mass is 9.33. The van der Waals surface area contributed by atoms with Crippen LogP contribution < -0.4 is 31.1 Å². The molecule has 8 aromatic carbocycles. The van der Waals surface area contributed by atoms with Crippen molar-refractivity contribution >= 4 is 106 Å². The fraction of sp³-hybridized carbons (Fsp3) is 0.226. The number of aryl methyl sites for hydroxylation is 2. The molecule has 330 valence electrons. The minimum absolute atomic E-state index is 0.0151. The molecule has 2 aliphatic heterocycles. The van der Waals surface area contributed by atoms with Crippen LogP contribution in [-0.4, -0.2) is 6.71 Å². The van der Waals surface area contributed by atoms with Crippen molar-refractivity contribution in [3.8, 4) is 0 Å². The molecule has 0 atom stereocenters. The topological polar surface area (TPSA) is 9.72 Å². The van der Waals surface area contributed by atoms with E-state index in [0.717, 1.165) is 17.1 Å². The molecule has 12 rings (SSSR count). The minimum Gasteiger partial charge on any atom is -0.311 e. The summed E-state index contributed by atoms with van der Waals surface area (Å²) in [5.74, 6) is 0. The maximum absolute atomic E-state index is 2.64. The van der Waals surface area contributed by atoms with E-state index in [9.17, 15) is 0 Å². The number of para-hydroxylation sites is 3. The summed E-state index contributed by atoms with van der Waals surface area (Å²) in [6.45, 7) is 21.4. The summed E-state index contributed by atoms with van der Waals surface area (Å²) in [4.78, 5) is 7.67. The lowest BCUT2D eigenvalue weighted by Crippen LogP contribution is -2.61. The average molecular weight is 888 g/mol. The molecule has 5 heteroatoms. The van der Waals surface area contributed by atoms with Gasteiger partial charge in [0, 0.05) is 65.7 Å². The van der Waals surface area contributed by atoms with Crippen LogP contribution in [0.2, 0.25) is 0 Å². The molecule has 0 unspecified atom stereocenters. The molecule has 0 saturated carbocycles. The third-order valence-electron chi connectivity index (χ3n) is 15.4. The second-order valence-electron chi connectivity index (χ2n) is 21.8. The summed E-state index contributed by atoms with van der Waals surface area (Å²) >= 11 is 1.92. The number of rotatable bonds is 5. The van der Waals surface area contributed by atoms with E-state index in [-0.39, 0.29) is 23.0 Å². The number of benzene rings is 8. The highest BCUT2D eigenvalue weighted by Gasteiger charge is 2.45. The quantitative estimate of drug-likeness (QED) is 0.159. The van der Waals surface area contributed by atoms with E-state index >= 15 is 0 Å². The van der Waals surface area contributed by atoms with Crippen LogP contribution in [0.3, 0.4) is 0 Å². The molecular formula is C62H58BN3S. The summed E-state index contributed by atoms with van der Waals surface area (Å²) in [6, 6.07) is 62.3. The molecule has 0 bridgehead atoms. The van der Waals surface area contributed by atoms with Crippen molar-refractivity contribution in [2.75, 3.05) is 14.7 Å². The summed E-state index contributed by atoms with van der Waals surface area (Å²) in [7, 11) is 0. The Morgan fingerprint density at radius 2 is 1.10 bits per heavy atom. The number of anilines is 9. The molecule has 0 radical (unpaired) electrons. The summed E-state index contributed by atoms with van der Waals surface area (Å²) in [5.41, 5.74) is 22.0. The van der Waals surface area contributed by atoms with Gasteiger partial charge in [0.05, 0.1) is 5.69 Å². The van der Waals surface area contributed by atoms with E-state index < -0.39 is 0 Å². The predicted molar refractivity (Wildman–Crippen MR) is 291 cm³/mol. The molecule has 3 nitrogen and oxygen atoms in total. The number of fused-ring (bicyclic) bond motifs is 8. The summed E-state index contributed by atoms with van der Waals surface area (Å²) in [5, 5.41) is 2.61. The van der Waals surface area contributed by atoms with E-state index in [2.05, 4.69) is 241 Å². The Morgan fingerprint density at radius 1 is 0.507 bits per heavy atom. The van der Waals surface area contributed by atoms with Gasteiger partial charge >= 0.3 is 0 Å². The largest absolute Gasteiger partial charge is 0.311 e. The zero-order valence-corrected chi connectivity index (χ0v) is 41.1. The average Bonchev–Trinajstić information content (AvgIpc) is 3.70. The number of thiophene rings is 1. The first-order valence-corrected chi connectivity index (χ1v) is 25.0. The summed E-state index contributed by atoms with van der Waals surface area (Å²) in [6.07, 6.45) is 2.37. The highest BCUT2D eigenvalue weighted by Crippen LogP contribution is 2.53. The SMILES string of the molecule is Cc1cc2c3c(c1)N(c1cccc4sc5cc(C(C)(C)C)ccc5c14)c1cc(N(c4ccccc4)c4ccccc4)ccc1B3c1ccccc1N2c1cc2c(cc1C)C(C)(C)CCC2(C)C. The monoisotopic (exact) mass is 887 g/mol. The lowest BCUT2D eigenvalue weighted by molar-refractivity contribution is 0.332. The zero-order chi connectivity index (χ0) is 46.1. The van der Waals surface area contributed by atoms with Crippen molar-refractivity contribution in [1.82, 2.24) is 0 Å². The van der Waals surface area contributed by atoms with E-state index in [1.807, 2.05) is 11.3 Å². The molecule has 67 heavy (non-hydrogen) atoms. The Morgan fingerprint density at radius 3 is 1.78 bits per heavy atom. The second kappa shape index (κ2) is 15.0. The van der Waals surface area contributed by atoms with Gasteiger partial charge in [-0.05, 0) is 166 Å². The Hall–Kier alpha value is -6.56. The van der Waals surface area contributed by atoms with Gasteiger partial charge in [0.15, 0.2) is 0 Å². The van der Waals surface area contributed by atoms with Crippen LogP contribution in [0.25, 0.3) is 20.2 Å². The second-order valence-corrected chi connectivity index (χ2v) is 22.9. The maximum Gasteiger partial charge on any atom is 0.252 e. The molecule has 1 aliphatic carbocycles. The number of nitrogens with zero attached hydrogens (tertiary/aromatic N) is 3. The van der Waals surface area contributed by atoms with Gasteiger partial charge in [-0.2, -0.15) is 0 Å². The predicted octanol–water partition coefficient (Wildman–Crippen LogP) is 15.9. The normalized spacial score (nSPS) is 15.6. The highest BCUT2D eigenvalue weighted by atomic mass is 32.1. The molecule has 0 amide bonds. The fourth-order valence-electron chi connectivity index (χ4n) is 11.7. The molecule has 0 saturated heterocycles. The van der Waals surface area contributed by atoms with Crippen LogP contribution in [0, 0.1) is 13.8 Å². The van der Waals surface area contributed by atoms with Crippen molar-refractivity contribution in [1.29, 1.82) is 0 Å². The van der Waals surface area contributed by atoms with Crippen molar-refractivity contribution in [3.63, 3.8) is 0 Å². The van der Waals surface area contributed by atoms with Gasteiger partial charge in [-0.25, -0.2) is 0 Å². The minimum atomic E-state index is 0.0151. The van der Waals surface area contributed by atoms with Crippen molar-refractivity contribution < 1.29 is 0 Å². The van der Waals surface area contributed by atoms with E-state index in [0.29, 0.717) is 0 Å². The van der Waals surface area contributed by atoms with Gasteiger partial charge in [0.1, 0.15) is 0 Å². The third-order valence-corrected chi connectivity index (χ3v) is 16.5. The van der Waals surface area contributed by atoms with E-state index in [1.165, 1.54) is 111 Å². The first kappa shape index (κ1) is 41.8. The molecule has 3 heterocycles. The van der Waals surface area contributed by atoms with Crippen molar-refractivity contribution in [3.05, 3.63) is 192 Å². The van der Waals surface area contributed by atoms with Gasteiger partial charge in [-0.3, -0.25) is 0 Å². The van der Waals surface area contributed by atoms with Crippen LogP contribution in [0.15, 0.2) is 164 Å². The smallest absolute Gasteiger partial charge is 0.252 e. The molecule has 9 aromatic rings. The van der Waals surface area contributed by atoms with Crippen LogP contribution >= 0.6 is 11.3 Å². The number of hydrogen-bond donors (Lipinski definition) is 0. The Kier molecular flexibility index (Phi) is 9.35. The van der Waals surface area contributed by atoms with Gasteiger partial charge in [0.25, 0.3) is 6.71 Å². The Labute approximate surface area is 401 Å². The fourth-order valence-corrected chi connectivity index (χ4v) is 12.9. The Bertz CT molecular complexity index is 3410. The van der Waals surface area contributed by atoms with Gasteiger partial charge in [0.2, 0.25) is 0 Å².